The van der Waals surface area contributed by atoms with Gasteiger partial charge in [0.1, 0.15) is 0 Å². The fourth-order valence-corrected chi connectivity index (χ4v) is 1.67. The Morgan fingerprint density at radius 2 is 2.05 bits per heavy atom. The third kappa shape index (κ3) is 4.87. The zero-order valence-corrected chi connectivity index (χ0v) is 12.3. The molecule has 0 atom stereocenters. The number of nitrogens with zero attached hydrogens (tertiary/aromatic N) is 2. The van der Waals surface area contributed by atoms with Crippen molar-refractivity contribution in [3.63, 3.8) is 0 Å². The van der Waals surface area contributed by atoms with Gasteiger partial charge >= 0.3 is 0 Å². The van der Waals surface area contributed by atoms with Crippen LogP contribution in [0.15, 0.2) is 18.5 Å². The molecule has 1 aromatic rings. The van der Waals surface area contributed by atoms with Crippen LogP contribution in [0.1, 0.15) is 31.1 Å². The Kier molecular flexibility index (Phi) is 4.89. The highest BCUT2D eigenvalue weighted by Gasteiger charge is 2.20. The minimum absolute atomic E-state index is 0.0265. The van der Waals surface area contributed by atoms with E-state index in [0.717, 1.165) is 0 Å². The van der Waals surface area contributed by atoms with Crippen LogP contribution in [-0.4, -0.2) is 40.8 Å². The molecule has 0 aliphatic heterocycles. The van der Waals surface area contributed by atoms with E-state index in [4.69, 9.17) is 11.6 Å². The van der Waals surface area contributed by atoms with Gasteiger partial charge in [0, 0.05) is 25.0 Å². The zero-order chi connectivity index (χ0) is 14.6. The summed E-state index contributed by atoms with van der Waals surface area (Å²) in [5, 5.41) is 3.11. The third-order valence-electron chi connectivity index (χ3n) is 2.24. The maximum Gasteiger partial charge on any atom is 0.257 e. The number of hydrogen-bond donors (Lipinski definition) is 1. The second-order valence-electron chi connectivity index (χ2n) is 5.31. The van der Waals surface area contributed by atoms with Crippen molar-refractivity contribution >= 4 is 23.4 Å². The number of amides is 2. The van der Waals surface area contributed by atoms with Crippen LogP contribution < -0.4 is 5.32 Å². The van der Waals surface area contributed by atoms with Crippen LogP contribution in [0.3, 0.4) is 0 Å². The third-order valence-corrected chi connectivity index (χ3v) is 2.57. The summed E-state index contributed by atoms with van der Waals surface area (Å²) in [6.07, 6.45) is 2.90. The van der Waals surface area contributed by atoms with E-state index in [1.807, 2.05) is 20.8 Å². The summed E-state index contributed by atoms with van der Waals surface area (Å²) in [6, 6.07) is 1.54. The summed E-state index contributed by atoms with van der Waals surface area (Å²) in [7, 11) is 1.55. The number of likely N-dealkylation sites (N-methyl/N-ethyl adjacent to an activating group) is 1. The van der Waals surface area contributed by atoms with Gasteiger partial charge in [-0.2, -0.15) is 0 Å². The monoisotopic (exact) mass is 283 g/mol. The van der Waals surface area contributed by atoms with Gasteiger partial charge in [-0.3, -0.25) is 14.6 Å². The first-order valence-corrected chi connectivity index (χ1v) is 6.24. The Morgan fingerprint density at radius 1 is 1.42 bits per heavy atom. The molecule has 1 N–H and O–H groups in total. The Morgan fingerprint density at radius 3 is 2.58 bits per heavy atom. The van der Waals surface area contributed by atoms with Gasteiger partial charge in [-0.25, -0.2) is 0 Å². The number of rotatable bonds is 3. The molecule has 1 rings (SSSR count). The van der Waals surface area contributed by atoms with Crippen LogP contribution in [0.2, 0.25) is 5.02 Å². The number of nitrogens with one attached hydrogen (secondary N) is 1. The van der Waals surface area contributed by atoms with Gasteiger partial charge in [0.2, 0.25) is 5.91 Å². The lowest BCUT2D eigenvalue weighted by Gasteiger charge is -2.23. The minimum atomic E-state index is -0.331. The molecule has 6 heteroatoms. The summed E-state index contributed by atoms with van der Waals surface area (Å²) in [4.78, 5) is 29.0. The van der Waals surface area contributed by atoms with Crippen LogP contribution in [-0.2, 0) is 4.79 Å². The lowest BCUT2D eigenvalue weighted by Crippen LogP contribution is -2.46. The Labute approximate surface area is 118 Å². The normalized spacial score (nSPS) is 11.0. The van der Waals surface area contributed by atoms with Gasteiger partial charge in [-0.15, -0.1) is 0 Å². The molecule has 104 valence electrons. The molecule has 0 aromatic carbocycles. The molecular weight excluding hydrogens is 266 g/mol. The number of carbonyl (C=O) groups is 2. The summed E-state index contributed by atoms with van der Waals surface area (Å²) in [5.74, 6) is -0.550. The van der Waals surface area contributed by atoms with E-state index in [9.17, 15) is 9.59 Å². The Bertz CT molecular complexity index is 483. The number of carbonyl (C=O) groups excluding carboxylic acids is 2. The fourth-order valence-electron chi connectivity index (χ4n) is 1.49. The Balaban J connectivity index is 2.69. The largest absolute Gasteiger partial charge is 0.350 e. The molecule has 2 amide bonds. The first-order chi connectivity index (χ1) is 8.70. The van der Waals surface area contributed by atoms with Crippen LogP contribution in [0, 0.1) is 0 Å². The molecule has 0 saturated carbocycles. The first-order valence-electron chi connectivity index (χ1n) is 5.86. The maximum absolute atomic E-state index is 12.1. The second kappa shape index (κ2) is 6.02. The molecule has 0 unspecified atom stereocenters. The maximum atomic E-state index is 12.1. The summed E-state index contributed by atoms with van der Waals surface area (Å²) in [6.45, 7) is 5.61. The van der Waals surface area contributed by atoms with E-state index in [-0.39, 0.29) is 29.5 Å². The van der Waals surface area contributed by atoms with Gasteiger partial charge in [0.25, 0.3) is 5.91 Å². The molecule has 0 aliphatic rings. The quantitative estimate of drug-likeness (QED) is 0.919. The SMILES string of the molecule is CN(CC(=O)NC(C)(C)C)C(=O)c1cnccc1Cl. The molecule has 0 spiro atoms. The topological polar surface area (TPSA) is 62.3 Å². The highest BCUT2D eigenvalue weighted by atomic mass is 35.5. The molecule has 19 heavy (non-hydrogen) atoms. The highest BCUT2D eigenvalue weighted by molar-refractivity contribution is 6.33. The van der Waals surface area contributed by atoms with Crippen molar-refractivity contribution in [2.24, 2.45) is 0 Å². The van der Waals surface area contributed by atoms with Crippen LogP contribution >= 0.6 is 11.6 Å². The molecular formula is C13H18ClN3O2. The molecule has 1 heterocycles. The van der Waals surface area contributed by atoms with Crippen LogP contribution in [0.5, 0.6) is 0 Å². The number of aromatic nitrogens is 1. The standard InChI is InChI=1S/C13H18ClN3O2/c1-13(2,3)16-11(18)8-17(4)12(19)9-7-15-6-5-10(9)14/h5-7H,8H2,1-4H3,(H,16,18). The number of hydrogen-bond acceptors (Lipinski definition) is 3. The molecule has 0 aliphatic carbocycles. The predicted octanol–water partition coefficient (Wildman–Crippen LogP) is 1.72. The predicted molar refractivity (Wildman–Crippen MR) is 74.1 cm³/mol. The summed E-state index contributed by atoms with van der Waals surface area (Å²) < 4.78 is 0. The van der Waals surface area contributed by atoms with Crippen molar-refractivity contribution in [2.75, 3.05) is 13.6 Å². The van der Waals surface area contributed by atoms with E-state index >= 15 is 0 Å². The van der Waals surface area contributed by atoms with E-state index in [0.29, 0.717) is 5.02 Å². The van der Waals surface area contributed by atoms with Crippen molar-refractivity contribution in [2.45, 2.75) is 26.3 Å². The van der Waals surface area contributed by atoms with Crippen molar-refractivity contribution in [1.29, 1.82) is 0 Å². The molecule has 0 saturated heterocycles. The highest BCUT2D eigenvalue weighted by Crippen LogP contribution is 2.15. The van der Waals surface area contributed by atoms with Gasteiger partial charge in [0.15, 0.2) is 0 Å². The molecule has 5 nitrogen and oxygen atoms in total. The smallest absolute Gasteiger partial charge is 0.257 e. The second-order valence-corrected chi connectivity index (χ2v) is 5.72. The van der Waals surface area contributed by atoms with Gasteiger partial charge in [-0.05, 0) is 26.8 Å². The van der Waals surface area contributed by atoms with Crippen molar-refractivity contribution < 1.29 is 9.59 Å². The van der Waals surface area contributed by atoms with Gasteiger partial charge < -0.3 is 10.2 Å². The lowest BCUT2D eigenvalue weighted by molar-refractivity contribution is -0.122. The van der Waals surface area contributed by atoms with E-state index in [1.165, 1.54) is 23.4 Å². The summed E-state index contributed by atoms with van der Waals surface area (Å²) >= 11 is 5.92. The van der Waals surface area contributed by atoms with Crippen molar-refractivity contribution in [3.8, 4) is 0 Å². The number of halogens is 1. The Hall–Kier alpha value is -1.62. The van der Waals surface area contributed by atoms with Crippen LogP contribution in [0.4, 0.5) is 0 Å². The van der Waals surface area contributed by atoms with Gasteiger partial charge in [-0.1, -0.05) is 11.6 Å². The minimum Gasteiger partial charge on any atom is -0.350 e. The zero-order valence-electron chi connectivity index (χ0n) is 11.5. The van der Waals surface area contributed by atoms with Crippen LogP contribution in [0.25, 0.3) is 0 Å². The van der Waals surface area contributed by atoms with E-state index < -0.39 is 0 Å². The average Bonchev–Trinajstić information content (AvgIpc) is 2.26. The van der Waals surface area contributed by atoms with Crippen molar-refractivity contribution in [1.82, 2.24) is 15.2 Å². The van der Waals surface area contributed by atoms with E-state index in [2.05, 4.69) is 10.3 Å². The first kappa shape index (κ1) is 15.4. The van der Waals surface area contributed by atoms with Gasteiger partial charge in [0.05, 0.1) is 17.1 Å². The summed E-state index contributed by atoms with van der Waals surface area (Å²) in [5.41, 5.74) is -0.0392. The lowest BCUT2D eigenvalue weighted by atomic mass is 10.1. The number of pyridine rings is 1. The van der Waals surface area contributed by atoms with E-state index in [1.54, 1.807) is 7.05 Å². The molecule has 0 radical (unpaired) electrons. The molecule has 0 fully saturated rings. The van der Waals surface area contributed by atoms with Crippen molar-refractivity contribution in [3.05, 3.63) is 29.0 Å². The molecule has 0 bridgehead atoms. The molecule has 1 aromatic heterocycles. The fraction of sp³-hybridized carbons (Fsp3) is 0.462. The average molecular weight is 284 g/mol.